The largest absolute Gasteiger partial charge is 0.481 e. The Labute approximate surface area is 197 Å². The minimum atomic E-state index is -1.27. The number of rotatable bonds is 16. The third kappa shape index (κ3) is 11.3. The van der Waals surface area contributed by atoms with Crippen LogP contribution in [0.5, 0.6) is 0 Å². The van der Waals surface area contributed by atoms with Gasteiger partial charge in [0.05, 0.1) is 12.5 Å². The van der Waals surface area contributed by atoms with Crippen LogP contribution in [0.2, 0.25) is 0 Å². The first-order valence-electron chi connectivity index (χ1n) is 10.8. The molecular formula is C22H31N5O7. The first-order valence-corrected chi connectivity index (χ1v) is 10.8. The molecule has 0 radical (unpaired) electrons. The number of aliphatic carboxylic acids is 1. The molecule has 0 aliphatic carbocycles. The molecule has 0 bridgehead atoms. The fourth-order valence-electron chi connectivity index (χ4n) is 2.90. The molecule has 1 unspecified atom stereocenters. The summed E-state index contributed by atoms with van der Waals surface area (Å²) in [6, 6.07) is -0.0243. The van der Waals surface area contributed by atoms with E-state index in [2.05, 4.69) is 20.9 Å². The predicted octanol–water partition coefficient (Wildman–Crippen LogP) is -1.27. The minimum absolute atomic E-state index is 0.109. The van der Waals surface area contributed by atoms with Crippen molar-refractivity contribution in [2.45, 2.75) is 50.2 Å². The van der Waals surface area contributed by atoms with Gasteiger partial charge in [-0.3, -0.25) is 24.2 Å². The van der Waals surface area contributed by atoms with Gasteiger partial charge in [0.25, 0.3) is 0 Å². The van der Waals surface area contributed by atoms with Gasteiger partial charge in [0.2, 0.25) is 17.7 Å². The number of carboxylic acid groups (broad SMARTS) is 1. The van der Waals surface area contributed by atoms with Gasteiger partial charge in [0.1, 0.15) is 18.4 Å². The third-order valence-corrected chi connectivity index (χ3v) is 4.63. The highest BCUT2D eigenvalue weighted by Crippen LogP contribution is 2.04. The predicted molar refractivity (Wildman–Crippen MR) is 122 cm³/mol. The number of aldehydes is 1. The number of hydrogen-bond donors (Lipinski definition) is 6. The van der Waals surface area contributed by atoms with Gasteiger partial charge >= 0.3 is 5.97 Å². The topological polar surface area (TPSA) is 201 Å². The minimum Gasteiger partial charge on any atom is -0.481 e. The van der Waals surface area contributed by atoms with E-state index in [9.17, 15) is 24.0 Å². The van der Waals surface area contributed by atoms with Crippen LogP contribution in [-0.2, 0) is 24.0 Å². The van der Waals surface area contributed by atoms with E-state index in [0.29, 0.717) is 12.7 Å². The number of nitrogens with one attached hydrogen (secondary N) is 3. The number of nitrogens with two attached hydrogens (primary N) is 1. The number of aliphatic hydroxyl groups is 1. The van der Waals surface area contributed by atoms with E-state index in [1.807, 2.05) is 0 Å². The van der Waals surface area contributed by atoms with Gasteiger partial charge in [-0.25, -0.2) is 0 Å². The highest BCUT2D eigenvalue weighted by atomic mass is 16.4. The smallest absolute Gasteiger partial charge is 0.305 e. The lowest BCUT2D eigenvalue weighted by atomic mass is 10.1. The molecule has 0 saturated carbocycles. The molecule has 186 valence electrons. The Bertz CT molecular complexity index is 847. The summed E-state index contributed by atoms with van der Waals surface area (Å²) in [6.45, 7) is 0.0240. The summed E-state index contributed by atoms with van der Waals surface area (Å²) in [5.74, 6) is -3.24. The molecule has 1 aromatic heterocycles. The fraction of sp³-hybridized carbons (Fsp3) is 0.455. The highest BCUT2D eigenvalue weighted by molar-refractivity contribution is 5.97. The Morgan fingerprint density at radius 1 is 1.00 bits per heavy atom. The summed E-state index contributed by atoms with van der Waals surface area (Å²) in [7, 11) is 0. The first kappa shape index (κ1) is 28.4. The van der Waals surface area contributed by atoms with Crippen molar-refractivity contribution in [1.29, 1.82) is 0 Å². The second kappa shape index (κ2) is 16.0. The van der Waals surface area contributed by atoms with E-state index in [1.54, 1.807) is 24.5 Å². The molecular weight excluding hydrogens is 446 g/mol. The maximum absolute atomic E-state index is 12.9. The second-order valence-electron chi connectivity index (χ2n) is 7.38. The molecule has 1 heterocycles. The Hall–Kier alpha value is -3.64. The molecule has 0 fully saturated rings. The van der Waals surface area contributed by atoms with E-state index >= 15 is 0 Å². The summed E-state index contributed by atoms with van der Waals surface area (Å²) in [4.78, 5) is 63.6. The van der Waals surface area contributed by atoms with Crippen LogP contribution >= 0.6 is 0 Å². The Morgan fingerprint density at radius 2 is 1.62 bits per heavy atom. The maximum atomic E-state index is 12.9. The molecule has 0 aliphatic heterocycles. The fourth-order valence-corrected chi connectivity index (χ4v) is 2.90. The molecule has 0 aliphatic rings. The SMILES string of the molecule is NCCC[C@H](NC(=O)C(CCCO)NC(=O)/C=C/c1ccncc1)C(=O)N[C@H](C=O)CC(=O)O. The molecule has 1 aromatic rings. The summed E-state index contributed by atoms with van der Waals surface area (Å²) in [6.07, 6.45) is 6.43. The Morgan fingerprint density at radius 3 is 2.21 bits per heavy atom. The lowest BCUT2D eigenvalue weighted by Gasteiger charge is -2.23. The maximum Gasteiger partial charge on any atom is 0.305 e. The van der Waals surface area contributed by atoms with Crippen LogP contribution in [0, 0.1) is 0 Å². The molecule has 3 amide bonds. The number of carbonyl (C=O) groups excluding carboxylic acids is 4. The van der Waals surface area contributed by atoms with E-state index < -0.39 is 48.2 Å². The van der Waals surface area contributed by atoms with E-state index in [4.69, 9.17) is 15.9 Å². The van der Waals surface area contributed by atoms with E-state index in [1.165, 1.54) is 12.2 Å². The van der Waals surface area contributed by atoms with Crippen molar-refractivity contribution in [1.82, 2.24) is 20.9 Å². The standard InChI is InChI=1S/C22H31N5O7/c23-9-1-3-18(21(33)25-16(14-29)13-20(31)32)27-22(34)17(4-2-12-28)26-19(30)6-5-15-7-10-24-11-8-15/h5-8,10-11,14,16-18,28H,1-4,9,12-13,23H2,(H,25,33)(H,26,30)(H,27,34)(H,31,32)/b6-5+/t16-,17?,18-/m0/s1. The second-order valence-corrected chi connectivity index (χ2v) is 7.38. The molecule has 12 nitrogen and oxygen atoms in total. The van der Waals surface area contributed by atoms with Crippen molar-refractivity contribution < 1.29 is 34.2 Å². The molecule has 0 saturated heterocycles. The number of hydrogen-bond acceptors (Lipinski definition) is 8. The van der Waals surface area contributed by atoms with Crippen LogP contribution in [0.1, 0.15) is 37.7 Å². The van der Waals surface area contributed by atoms with Crippen LogP contribution in [0.15, 0.2) is 30.6 Å². The van der Waals surface area contributed by atoms with Crippen LogP contribution in [0.25, 0.3) is 6.08 Å². The number of amides is 3. The van der Waals surface area contributed by atoms with Crippen LogP contribution < -0.4 is 21.7 Å². The van der Waals surface area contributed by atoms with Gasteiger partial charge in [-0.15, -0.1) is 0 Å². The van der Waals surface area contributed by atoms with Crippen LogP contribution in [0.4, 0.5) is 0 Å². The van der Waals surface area contributed by atoms with Gasteiger partial charge in [0, 0.05) is 25.1 Å². The molecule has 7 N–H and O–H groups in total. The molecule has 34 heavy (non-hydrogen) atoms. The number of pyridine rings is 1. The number of aliphatic hydroxyl groups excluding tert-OH is 1. The van der Waals surface area contributed by atoms with Gasteiger partial charge < -0.3 is 36.7 Å². The zero-order valence-corrected chi connectivity index (χ0v) is 18.7. The number of aromatic nitrogens is 1. The van der Waals surface area contributed by atoms with Gasteiger partial charge in [0.15, 0.2) is 0 Å². The van der Waals surface area contributed by atoms with Gasteiger partial charge in [-0.2, -0.15) is 0 Å². The Kier molecular flexibility index (Phi) is 13.4. The van der Waals surface area contributed by atoms with Crippen molar-refractivity contribution in [2.75, 3.05) is 13.2 Å². The van der Waals surface area contributed by atoms with Crippen molar-refractivity contribution in [3.8, 4) is 0 Å². The molecule has 0 spiro atoms. The molecule has 1 rings (SSSR count). The van der Waals surface area contributed by atoms with E-state index in [-0.39, 0.29) is 32.4 Å². The lowest BCUT2D eigenvalue weighted by Crippen LogP contribution is -2.55. The van der Waals surface area contributed by atoms with Crippen molar-refractivity contribution >= 4 is 36.1 Å². The van der Waals surface area contributed by atoms with Crippen LogP contribution in [-0.4, -0.2) is 76.5 Å². The van der Waals surface area contributed by atoms with Crippen LogP contribution in [0.3, 0.4) is 0 Å². The summed E-state index contributed by atoms with van der Waals surface area (Å²) in [5.41, 5.74) is 6.23. The number of carboxylic acids is 1. The highest BCUT2D eigenvalue weighted by Gasteiger charge is 2.27. The third-order valence-electron chi connectivity index (χ3n) is 4.63. The Balaban J connectivity index is 2.87. The van der Waals surface area contributed by atoms with E-state index in [0.717, 1.165) is 5.56 Å². The van der Waals surface area contributed by atoms with Crippen molar-refractivity contribution in [3.63, 3.8) is 0 Å². The average Bonchev–Trinajstić information content (AvgIpc) is 2.82. The average molecular weight is 478 g/mol. The monoisotopic (exact) mass is 477 g/mol. The normalized spacial score (nSPS) is 13.5. The summed E-state index contributed by atoms with van der Waals surface area (Å²) >= 11 is 0. The first-order chi connectivity index (χ1) is 16.3. The zero-order chi connectivity index (χ0) is 25.3. The van der Waals surface area contributed by atoms with Crippen molar-refractivity contribution in [2.24, 2.45) is 5.73 Å². The van der Waals surface area contributed by atoms with Gasteiger partial charge in [-0.05, 0) is 56.0 Å². The molecule has 12 heteroatoms. The van der Waals surface area contributed by atoms with Crippen molar-refractivity contribution in [3.05, 3.63) is 36.2 Å². The molecule has 0 aromatic carbocycles. The van der Waals surface area contributed by atoms with Gasteiger partial charge in [-0.1, -0.05) is 0 Å². The summed E-state index contributed by atoms with van der Waals surface area (Å²) in [5, 5.41) is 25.3. The molecule has 3 atom stereocenters. The quantitative estimate of drug-likeness (QED) is 0.124. The number of carbonyl (C=O) groups is 5. The number of nitrogens with zero attached hydrogens (tertiary/aromatic N) is 1. The summed E-state index contributed by atoms with van der Waals surface area (Å²) < 4.78 is 0. The zero-order valence-electron chi connectivity index (χ0n) is 18.7. The lowest BCUT2D eigenvalue weighted by molar-refractivity contribution is -0.139.